The molecule has 39 heteroatoms. The predicted molar refractivity (Wildman–Crippen MR) is 368 cm³/mol. The monoisotopic (exact) mass is 1550 g/mol. The van der Waals surface area contributed by atoms with Gasteiger partial charge in [0.2, 0.25) is 41.4 Å². The van der Waals surface area contributed by atoms with Crippen molar-refractivity contribution < 1.29 is 145 Å². The number of hydrogen-bond acceptors (Lipinski definition) is 26. The lowest BCUT2D eigenvalue weighted by molar-refractivity contribution is -0.207. The fourth-order valence-electron chi connectivity index (χ4n) is 8.57. The lowest BCUT2D eigenvalue weighted by Gasteiger charge is -2.35. The number of amides is 7. The number of nitrogens with zero attached hydrogens (tertiary/aromatic N) is 3. The van der Waals surface area contributed by atoms with Crippen LogP contribution in [0, 0.1) is 54.8 Å². The Labute approximate surface area is 621 Å². The maximum Gasteiger partial charge on any atom is 0.389 e. The fraction of sp³-hybridized carbons (Fsp3) is 0.765. The lowest BCUT2D eigenvalue weighted by atomic mass is 9.76. The van der Waals surface area contributed by atoms with E-state index in [1.54, 1.807) is 0 Å². The van der Waals surface area contributed by atoms with Crippen LogP contribution in [0.3, 0.4) is 0 Å². The molecule has 107 heavy (non-hydrogen) atoms. The Balaban J connectivity index is 6.95. The maximum atomic E-state index is 14.6. The van der Waals surface area contributed by atoms with E-state index in [1.165, 1.54) is 0 Å². The summed E-state index contributed by atoms with van der Waals surface area (Å²) < 4.78 is 176. The molecule has 0 aromatic rings. The predicted octanol–water partition coefficient (Wildman–Crippen LogP) is -2.05. The lowest BCUT2D eigenvalue weighted by Crippen LogP contribution is -2.54. The molecule has 0 saturated heterocycles. The molecule has 0 radical (unpaired) electrons. The summed E-state index contributed by atoms with van der Waals surface area (Å²) in [7, 11) is 0. The smallest absolute Gasteiger partial charge is 0.377 e. The van der Waals surface area contributed by atoms with Gasteiger partial charge in [-0.2, -0.15) is 26.3 Å². The molecule has 0 aliphatic heterocycles. The molecule has 0 unspecified atom stereocenters. The van der Waals surface area contributed by atoms with Crippen molar-refractivity contribution in [2.24, 2.45) is 11.1 Å². The first-order valence-electron chi connectivity index (χ1n) is 34.3. The van der Waals surface area contributed by atoms with Gasteiger partial charge in [0.1, 0.15) is 78.1 Å². The van der Waals surface area contributed by atoms with Crippen molar-refractivity contribution in [2.75, 3.05) is 297 Å². The molecule has 0 fully saturated rings. The molecule has 0 atom stereocenters. The van der Waals surface area contributed by atoms with E-state index >= 15 is 0 Å². The SMILES string of the molecule is C#CCOCCOCCOCCOCCNC(=O)CN(CC(=O)NCCOCCOCCOCCOCC#C)C(=O)CN(CC(=O)N(CC(=O)NCCOCCOCCOCCOCC#C)CC(=O)NCCOCCOCCOCCOCC#C)C(=O)COCC(CCC(=O)CN)(CC(F)(F)F)CC(F)(F)F. The van der Waals surface area contributed by atoms with Gasteiger partial charge in [0.15, 0.2) is 0 Å². The molecule has 7 amide bonds. The summed E-state index contributed by atoms with van der Waals surface area (Å²) in [4.78, 5) is 112. The van der Waals surface area contributed by atoms with Crippen molar-refractivity contribution >= 4 is 47.1 Å². The molecular weight excluding hydrogens is 1440 g/mol. The molecular formula is C68H108F6N8O25. The Hall–Kier alpha value is -6.94. The Morgan fingerprint density at radius 3 is 0.766 bits per heavy atom. The highest BCUT2D eigenvalue weighted by Crippen LogP contribution is 2.45. The van der Waals surface area contributed by atoms with E-state index in [9.17, 15) is 64.7 Å². The van der Waals surface area contributed by atoms with Gasteiger partial charge in [-0.15, -0.1) is 25.7 Å². The number of nitrogens with two attached hydrogens (primary N) is 1. The quantitative estimate of drug-likeness (QED) is 0.0249. The Morgan fingerprint density at radius 1 is 0.318 bits per heavy atom. The first-order valence-corrected chi connectivity index (χ1v) is 34.3. The number of ketones is 1. The zero-order valence-electron chi connectivity index (χ0n) is 60.9. The highest BCUT2D eigenvalue weighted by molar-refractivity contribution is 5.95. The van der Waals surface area contributed by atoms with Gasteiger partial charge < -0.3 is 122 Å². The van der Waals surface area contributed by atoms with E-state index in [1.807, 2.05) is 0 Å². The van der Waals surface area contributed by atoms with Crippen LogP contribution in [0.5, 0.6) is 0 Å². The molecule has 0 aromatic carbocycles. The third kappa shape index (κ3) is 64.7. The van der Waals surface area contributed by atoms with Crippen LogP contribution in [0.4, 0.5) is 26.3 Å². The number of rotatable bonds is 74. The van der Waals surface area contributed by atoms with E-state index in [4.69, 9.17) is 112 Å². The molecule has 0 aliphatic carbocycles. The van der Waals surface area contributed by atoms with Crippen molar-refractivity contribution in [1.29, 1.82) is 0 Å². The Morgan fingerprint density at radius 2 is 0.542 bits per heavy atom. The highest BCUT2D eigenvalue weighted by atomic mass is 19.4. The van der Waals surface area contributed by atoms with Crippen molar-refractivity contribution in [3.8, 4) is 49.4 Å². The van der Waals surface area contributed by atoms with Gasteiger partial charge in [-0.3, -0.25) is 38.4 Å². The normalized spacial score (nSPS) is 11.4. The van der Waals surface area contributed by atoms with Gasteiger partial charge in [-0.25, -0.2) is 0 Å². The van der Waals surface area contributed by atoms with Crippen LogP contribution in [0.25, 0.3) is 0 Å². The Bertz CT molecular complexity index is 2300. The van der Waals surface area contributed by atoms with Crippen LogP contribution >= 0.6 is 0 Å². The van der Waals surface area contributed by atoms with Gasteiger partial charge in [0.05, 0.1) is 211 Å². The summed E-state index contributed by atoms with van der Waals surface area (Å²) in [6.45, 7) is -5.11. The van der Waals surface area contributed by atoms with E-state index < -0.39 is 150 Å². The summed E-state index contributed by atoms with van der Waals surface area (Å²) >= 11 is 0. The van der Waals surface area contributed by atoms with Crippen LogP contribution in [0.1, 0.15) is 25.7 Å². The van der Waals surface area contributed by atoms with Gasteiger partial charge in [0, 0.05) is 38.0 Å². The van der Waals surface area contributed by atoms with Crippen molar-refractivity contribution in [3.05, 3.63) is 0 Å². The maximum absolute atomic E-state index is 14.6. The van der Waals surface area contributed by atoms with Crippen LogP contribution < -0.4 is 27.0 Å². The molecule has 0 spiro atoms. The summed E-state index contributed by atoms with van der Waals surface area (Å²) in [6.07, 6.45) is 3.76. The number of nitrogens with one attached hydrogen (secondary N) is 4. The number of halogens is 6. The van der Waals surface area contributed by atoms with E-state index in [0.29, 0.717) is 67.6 Å². The summed E-state index contributed by atoms with van der Waals surface area (Å²) in [6, 6.07) is 0. The van der Waals surface area contributed by atoms with Crippen LogP contribution in [-0.4, -0.2) is 371 Å². The summed E-state index contributed by atoms with van der Waals surface area (Å²) in [5.74, 6) is 0.927. The van der Waals surface area contributed by atoms with E-state index in [2.05, 4.69) is 44.9 Å². The van der Waals surface area contributed by atoms with Crippen LogP contribution in [-0.2, 0) is 119 Å². The minimum absolute atomic E-state index is 0.0771. The van der Waals surface area contributed by atoms with Gasteiger partial charge >= 0.3 is 12.4 Å². The topological polar surface area (TPSA) is 377 Å². The summed E-state index contributed by atoms with van der Waals surface area (Å²) in [5, 5.41) is 10.1. The number of alkyl halides is 6. The fourth-order valence-corrected chi connectivity index (χ4v) is 8.57. The van der Waals surface area contributed by atoms with Crippen molar-refractivity contribution in [1.82, 2.24) is 36.0 Å². The zero-order chi connectivity index (χ0) is 79.2. The molecule has 6 N–H and O–H groups in total. The van der Waals surface area contributed by atoms with Gasteiger partial charge in [-0.05, 0) is 6.42 Å². The highest BCUT2D eigenvalue weighted by Gasteiger charge is 2.49. The van der Waals surface area contributed by atoms with Crippen molar-refractivity contribution in [2.45, 2.75) is 38.0 Å². The summed E-state index contributed by atoms with van der Waals surface area (Å²) in [5.41, 5.74) is 2.41. The third-order valence-corrected chi connectivity index (χ3v) is 13.5. The molecule has 0 bridgehead atoms. The average molecular weight is 1550 g/mol. The average Bonchev–Trinajstić information content (AvgIpc) is 0.820. The van der Waals surface area contributed by atoms with Crippen LogP contribution in [0.15, 0.2) is 0 Å². The third-order valence-electron chi connectivity index (χ3n) is 13.5. The van der Waals surface area contributed by atoms with E-state index in [-0.39, 0.29) is 185 Å². The number of carbonyl (C=O) groups excluding carboxylic acids is 8. The first-order chi connectivity index (χ1) is 51.5. The standard InChI is InChI=1S/C68H108F6N8O25/c1-5-15-91-23-31-99-39-43-103-35-27-95-19-11-76-59(84)48-80(49-60(85)77-12-20-96-28-36-104-44-40-100-32-24-92-16-6-2)63(88)52-82(65(90)54-107-57-66(55-67(69,70)71,56-68(72,73)74)10-9-58(83)47-75)53-64(89)81(50-61(86)78-13-21-97-29-37-105-45-41-101-33-25-93-17-7-3)51-62(87)79-14-22-98-30-38-106-46-42-102-34-26-94-18-8-4/h1-4H,9-57,75H2,(H,76,84)(H,77,85)(H,78,86)(H,79,87). The molecule has 0 heterocycles. The molecule has 612 valence electrons. The minimum Gasteiger partial charge on any atom is -0.377 e. The number of terminal acetylenes is 4. The zero-order valence-corrected chi connectivity index (χ0v) is 60.9. The second-order valence-corrected chi connectivity index (χ2v) is 22.3. The second-order valence-electron chi connectivity index (χ2n) is 22.3. The first kappa shape index (κ1) is 100. The van der Waals surface area contributed by atoms with Gasteiger partial charge in [0.25, 0.3) is 0 Å². The second kappa shape index (κ2) is 68.3. The number of ether oxygens (including phenoxy) is 17. The van der Waals surface area contributed by atoms with E-state index in [0.717, 1.165) is 0 Å². The van der Waals surface area contributed by atoms with Crippen LogP contribution in [0.2, 0.25) is 0 Å². The number of carbonyl (C=O) groups is 8. The van der Waals surface area contributed by atoms with Gasteiger partial charge in [-0.1, -0.05) is 23.7 Å². The Kier molecular flexibility index (Phi) is 63.9. The largest absolute Gasteiger partial charge is 0.389 e. The molecule has 0 saturated carbocycles. The molecule has 33 nitrogen and oxygen atoms in total. The number of hydrogen-bond donors (Lipinski definition) is 5. The van der Waals surface area contributed by atoms with Crippen molar-refractivity contribution in [3.63, 3.8) is 0 Å². The molecule has 0 rings (SSSR count). The molecule has 0 aliphatic rings. The minimum atomic E-state index is -5.29. The number of Topliss-reactive ketones (excluding diaryl/α,β-unsaturated/α-hetero) is 1. The molecule has 0 aromatic heterocycles.